The predicted molar refractivity (Wildman–Crippen MR) is 357 cm³/mol. The van der Waals surface area contributed by atoms with Crippen LogP contribution in [0.3, 0.4) is 0 Å². The van der Waals surface area contributed by atoms with Gasteiger partial charge in [0.1, 0.15) is 24.4 Å². The van der Waals surface area contributed by atoms with Crippen LogP contribution in [-0.4, -0.2) is 100 Å². The monoisotopic (exact) mass is 1200 g/mol. The lowest BCUT2D eigenvalue weighted by atomic mass is 9.99. The zero-order valence-electron chi connectivity index (χ0n) is 55.1. The zero-order valence-corrected chi connectivity index (χ0v) is 55.1. The maximum Gasteiger partial charge on any atom is 0.305 e. The van der Waals surface area contributed by atoms with Gasteiger partial charge in [-0.05, 0) is 84.0 Å². The van der Waals surface area contributed by atoms with Gasteiger partial charge in [0.15, 0.2) is 6.29 Å². The van der Waals surface area contributed by atoms with Crippen LogP contribution in [-0.2, 0) is 23.8 Å². The number of nitrogens with one attached hydrogen (secondary N) is 1. The van der Waals surface area contributed by atoms with E-state index in [0.717, 1.165) is 64.2 Å². The Morgan fingerprint density at radius 3 is 1.29 bits per heavy atom. The van der Waals surface area contributed by atoms with Crippen LogP contribution in [0, 0.1) is 0 Å². The Labute approximate surface area is 522 Å². The summed E-state index contributed by atoms with van der Waals surface area (Å²) in [5, 5.41) is 54.2. The van der Waals surface area contributed by atoms with Crippen molar-refractivity contribution >= 4 is 11.9 Å². The van der Waals surface area contributed by atoms with Gasteiger partial charge in [0, 0.05) is 12.8 Å². The van der Waals surface area contributed by atoms with Gasteiger partial charge in [-0.15, -0.1) is 0 Å². The van der Waals surface area contributed by atoms with Gasteiger partial charge >= 0.3 is 5.97 Å². The van der Waals surface area contributed by atoms with Crippen molar-refractivity contribution in [1.29, 1.82) is 0 Å². The molecule has 7 unspecified atom stereocenters. The van der Waals surface area contributed by atoms with Crippen LogP contribution >= 0.6 is 0 Å². The molecule has 0 aliphatic carbocycles. The molecular weight excluding hydrogens is 1060 g/mol. The minimum atomic E-state index is -1.58. The minimum Gasteiger partial charge on any atom is -0.466 e. The number of carbonyl (C=O) groups is 2. The van der Waals surface area contributed by atoms with Crippen LogP contribution in [0.25, 0.3) is 0 Å². The second-order valence-electron chi connectivity index (χ2n) is 24.9. The third-order valence-electron chi connectivity index (χ3n) is 16.9. The van der Waals surface area contributed by atoms with Gasteiger partial charge in [-0.1, -0.05) is 299 Å². The number of ether oxygens (including phenoxy) is 3. The summed E-state index contributed by atoms with van der Waals surface area (Å²) in [6.07, 6.45) is 74.1. The normalized spacial score (nSPS) is 18.3. The Hall–Kier alpha value is -2.64. The van der Waals surface area contributed by atoms with Crippen molar-refractivity contribution in [2.45, 2.75) is 378 Å². The number of esters is 1. The predicted octanol–water partition coefficient (Wildman–Crippen LogP) is 18.5. The number of aliphatic hydroxyl groups is 5. The van der Waals surface area contributed by atoms with Gasteiger partial charge in [-0.3, -0.25) is 9.59 Å². The number of carbonyl (C=O) groups excluding carboxylic acids is 2. The fraction of sp³-hybridized carbons (Fsp3) is 0.838. The van der Waals surface area contributed by atoms with Gasteiger partial charge in [0.05, 0.1) is 32.0 Å². The number of unbranched alkanes of at least 4 members (excludes halogenated alkanes) is 42. The number of aliphatic hydroxyl groups excluding tert-OH is 5. The molecule has 0 spiro atoms. The molecule has 496 valence electrons. The molecule has 1 fully saturated rings. The first kappa shape index (κ1) is 80.4. The Bertz CT molecular complexity index is 1600. The molecule has 11 heteroatoms. The first-order valence-corrected chi connectivity index (χ1v) is 36.0. The standard InChI is InChI=1S/C74H135NO10/c1-3-5-7-9-11-13-14-38-42-46-50-54-58-62-70(79)83-63-59-55-51-47-43-40-37-35-33-31-29-27-25-23-21-19-17-15-16-18-20-22-24-26-28-30-32-34-36-39-41-45-49-53-57-61-69(78)75-66(67(77)60-56-52-48-44-12-10-8-6-4-2)65-84-74-73(82)72(81)71(80)68(64-76)85-74/h4,6,12,17,19,23,25,44,56,60,66-68,71-74,76-77,80-82H,3,5,7-11,13-16,18,20-22,24,26-43,45-55,57-59,61-65H2,1-2H3,(H,75,78)/b6-4+,19-17-,25-23-,44-12+,60-56+. The highest BCUT2D eigenvalue weighted by Crippen LogP contribution is 2.23. The van der Waals surface area contributed by atoms with Crippen LogP contribution in [0.15, 0.2) is 60.8 Å². The molecule has 6 N–H and O–H groups in total. The van der Waals surface area contributed by atoms with E-state index in [2.05, 4.69) is 54.8 Å². The highest BCUT2D eigenvalue weighted by Gasteiger charge is 2.44. The summed E-state index contributed by atoms with van der Waals surface area (Å²) in [5.41, 5.74) is 0. The average molecular weight is 1200 g/mol. The van der Waals surface area contributed by atoms with E-state index in [1.165, 1.54) is 244 Å². The number of hydrogen-bond donors (Lipinski definition) is 6. The van der Waals surface area contributed by atoms with Gasteiger partial charge in [-0.25, -0.2) is 0 Å². The third-order valence-corrected chi connectivity index (χ3v) is 16.9. The first-order valence-electron chi connectivity index (χ1n) is 36.0. The topological polar surface area (TPSA) is 175 Å². The van der Waals surface area contributed by atoms with Gasteiger partial charge < -0.3 is 45.1 Å². The Morgan fingerprint density at radius 1 is 0.459 bits per heavy atom. The molecule has 0 bridgehead atoms. The molecule has 1 amide bonds. The summed E-state index contributed by atoms with van der Waals surface area (Å²) in [6, 6.07) is -0.832. The van der Waals surface area contributed by atoms with Crippen molar-refractivity contribution in [3.63, 3.8) is 0 Å². The van der Waals surface area contributed by atoms with Gasteiger partial charge in [0.2, 0.25) is 5.91 Å². The number of rotatable bonds is 63. The summed E-state index contributed by atoms with van der Waals surface area (Å²) in [6.45, 7) is 4.12. The second-order valence-corrected chi connectivity index (χ2v) is 24.9. The van der Waals surface area contributed by atoms with Crippen LogP contribution < -0.4 is 5.32 Å². The van der Waals surface area contributed by atoms with Crippen molar-refractivity contribution in [1.82, 2.24) is 5.32 Å². The molecule has 1 saturated heterocycles. The molecular formula is C74H135NO10. The minimum absolute atomic E-state index is 0.0112. The third kappa shape index (κ3) is 51.9. The molecule has 0 aromatic heterocycles. The van der Waals surface area contributed by atoms with Crippen LogP contribution in [0.4, 0.5) is 0 Å². The summed E-state index contributed by atoms with van der Waals surface area (Å²) in [7, 11) is 0. The van der Waals surface area contributed by atoms with Crippen molar-refractivity contribution in [2.24, 2.45) is 0 Å². The number of allylic oxidation sites excluding steroid dienone is 9. The maximum absolute atomic E-state index is 13.0. The Kier molecular flexibility index (Phi) is 59.5. The molecule has 1 aliphatic rings. The van der Waals surface area contributed by atoms with E-state index in [0.29, 0.717) is 19.4 Å². The average Bonchev–Trinajstić information content (AvgIpc) is 3.17. The van der Waals surface area contributed by atoms with Gasteiger partial charge in [-0.2, -0.15) is 0 Å². The number of amides is 1. The summed E-state index contributed by atoms with van der Waals surface area (Å²) in [4.78, 5) is 25.1. The van der Waals surface area contributed by atoms with E-state index in [4.69, 9.17) is 14.2 Å². The van der Waals surface area contributed by atoms with Crippen molar-refractivity contribution in [3.8, 4) is 0 Å². The molecule has 11 nitrogen and oxygen atoms in total. The molecule has 1 rings (SSSR count). The lowest BCUT2D eigenvalue weighted by Crippen LogP contribution is -2.60. The molecule has 0 radical (unpaired) electrons. The van der Waals surface area contributed by atoms with E-state index >= 15 is 0 Å². The Balaban J connectivity index is 1.90. The molecule has 0 aromatic rings. The summed E-state index contributed by atoms with van der Waals surface area (Å²) < 4.78 is 16.7. The van der Waals surface area contributed by atoms with Crippen LogP contribution in [0.1, 0.15) is 335 Å². The van der Waals surface area contributed by atoms with Crippen LogP contribution in [0.2, 0.25) is 0 Å². The lowest BCUT2D eigenvalue weighted by molar-refractivity contribution is -0.302. The van der Waals surface area contributed by atoms with Crippen molar-refractivity contribution in [3.05, 3.63) is 60.8 Å². The highest BCUT2D eigenvalue weighted by atomic mass is 16.7. The summed E-state index contributed by atoms with van der Waals surface area (Å²) >= 11 is 0. The van der Waals surface area contributed by atoms with Crippen molar-refractivity contribution in [2.75, 3.05) is 19.8 Å². The Morgan fingerprint density at radius 2 is 0.847 bits per heavy atom. The number of hydrogen-bond acceptors (Lipinski definition) is 10. The fourth-order valence-electron chi connectivity index (χ4n) is 11.3. The van der Waals surface area contributed by atoms with E-state index in [9.17, 15) is 35.1 Å². The van der Waals surface area contributed by atoms with Gasteiger partial charge in [0.25, 0.3) is 0 Å². The molecule has 1 heterocycles. The lowest BCUT2D eigenvalue weighted by Gasteiger charge is -2.40. The maximum atomic E-state index is 13.0. The molecule has 85 heavy (non-hydrogen) atoms. The largest absolute Gasteiger partial charge is 0.466 e. The zero-order chi connectivity index (χ0) is 61.6. The van der Waals surface area contributed by atoms with E-state index in [-0.39, 0.29) is 18.5 Å². The van der Waals surface area contributed by atoms with E-state index < -0.39 is 49.5 Å². The van der Waals surface area contributed by atoms with E-state index in [1.54, 1.807) is 6.08 Å². The molecule has 7 atom stereocenters. The quantitative estimate of drug-likeness (QED) is 0.0195. The second kappa shape index (κ2) is 62.9. The highest BCUT2D eigenvalue weighted by molar-refractivity contribution is 5.76. The van der Waals surface area contributed by atoms with Crippen LogP contribution in [0.5, 0.6) is 0 Å². The molecule has 1 aliphatic heterocycles. The smallest absolute Gasteiger partial charge is 0.305 e. The molecule has 0 saturated carbocycles. The van der Waals surface area contributed by atoms with E-state index in [1.807, 2.05) is 19.1 Å². The fourth-order valence-corrected chi connectivity index (χ4v) is 11.3. The SMILES string of the molecule is C/C=C/CC/C=C/CC/C=C/C(O)C(COC1OC(CO)C(O)C(O)C1O)NC(=O)CCCCCCCCCCCCCCCCCCC/C=C\C/C=C\CCCCCCCCCCCCCOC(=O)CCCCCCCCCCCCCCC. The van der Waals surface area contributed by atoms with Crippen molar-refractivity contribution < 1.29 is 49.3 Å². The summed E-state index contributed by atoms with van der Waals surface area (Å²) in [5.74, 6) is -0.186. The first-order chi connectivity index (χ1) is 41.7. The molecule has 0 aromatic carbocycles.